The number of aryl methyl sites for hydroxylation is 1. The number of rotatable bonds is 11. The third kappa shape index (κ3) is 5.97. The summed E-state index contributed by atoms with van der Waals surface area (Å²) in [6.45, 7) is 1.54. The zero-order valence-corrected chi connectivity index (χ0v) is 18.2. The molecule has 0 aliphatic carbocycles. The van der Waals surface area contributed by atoms with Gasteiger partial charge in [-0.05, 0) is 42.7 Å². The fourth-order valence-electron chi connectivity index (χ4n) is 3.79. The molecule has 5 nitrogen and oxygen atoms in total. The summed E-state index contributed by atoms with van der Waals surface area (Å²) in [6, 6.07) is 28.2. The Bertz CT molecular complexity index is 1120. The van der Waals surface area contributed by atoms with E-state index in [1.165, 1.54) is 11.1 Å². The molecule has 0 unspecified atom stereocenters. The molecule has 164 valence electrons. The summed E-state index contributed by atoms with van der Waals surface area (Å²) in [7, 11) is 0. The van der Waals surface area contributed by atoms with Gasteiger partial charge in [0.1, 0.15) is 11.6 Å². The summed E-state index contributed by atoms with van der Waals surface area (Å²) < 4.78 is 7.80. The summed E-state index contributed by atoms with van der Waals surface area (Å²) >= 11 is 0. The Morgan fingerprint density at radius 2 is 1.56 bits per heavy atom. The van der Waals surface area contributed by atoms with Gasteiger partial charge < -0.3 is 14.6 Å². The maximum atomic E-state index is 11.9. The highest BCUT2D eigenvalue weighted by Gasteiger charge is 2.10. The van der Waals surface area contributed by atoms with E-state index in [0.717, 1.165) is 43.6 Å². The second kappa shape index (κ2) is 11.1. The summed E-state index contributed by atoms with van der Waals surface area (Å²) in [5, 5.41) is 2.93. The smallest absolute Gasteiger partial charge is 0.257 e. The number of nitrogens with zero attached hydrogens (tertiary/aromatic N) is 2. The van der Waals surface area contributed by atoms with Crippen molar-refractivity contribution in [2.75, 3.05) is 13.2 Å². The van der Waals surface area contributed by atoms with Crippen LogP contribution in [-0.4, -0.2) is 28.6 Å². The Kier molecular flexibility index (Phi) is 7.53. The van der Waals surface area contributed by atoms with Crippen LogP contribution in [0.3, 0.4) is 0 Å². The van der Waals surface area contributed by atoms with Crippen LogP contribution in [0, 0.1) is 0 Å². The highest BCUT2D eigenvalue weighted by Crippen LogP contribution is 2.19. The van der Waals surface area contributed by atoms with Crippen LogP contribution < -0.4 is 10.1 Å². The van der Waals surface area contributed by atoms with Crippen molar-refractivity contribution < 1.29 is 9.53 Å². The fourth-order valence-corrected chi connectivity index (χ4v) is 3.79. The van der Waals surface area contributed by atoms with Gasteiger partial charge in [0, 0.05) is 19.5 Å². The molecule has 4 rings (SSSR count). The lowest BCUT2D eigenvalue weighted by Gasteiger charge is -2.10. The standard InChI is InChI=1S/C27H29N3O2/c31-27(21-32-23-14-6-2-7-15-23)28-19-11-3-8-18-26-29-24-16-9-10-17-25(24)30(26)20-22-12-4-1-5-13-22/h1-2,4-7,9-10,12-17H,3,8,11,18-21H2,(H,28,31). The topological polar surface area (TPSA) is 56.1 Å². The molecule has 0 saturated carbocycles. The molecule has 4 aromatic rings. The maximum Gasteiger partial charge on any atom is 0.257 e. The van der Waals surface area contributed by atoms with E-state index < -0.39 is 0 Å². The molecule has 0 radical (unpaired) electrons. The third-order valence-electron chi connectivity index (χ3n) is 5.43. The van der Waals surface area contributed by atoms with Crippen molar-refractivity contribution >= 4 is 16.9 Å². The molecule has 1 aromatic heterocycles. The molecule has 0 bridgehead atoms. The van der Waals surface area contributed by atoms with Crippen molar-refractivity contribution in [2.45, 2.75) is 32.2 Å². The minimum absolute atomic E-state index is 0.0491. The Balaban J connectivity index is 1.23. The Morgan fingerprint density at radius 1 is 0.844 bits per heavy atom. The normalized spacial score (nSPS) is 10.9. The lowest BCUT2D eigenvalue weighted by molar-refractivity contribution is -0.123. The number of ether oxygens (including phenoxy) is 1. The van der Waals surface area contributed by atoms with Crippen molar-refractivity contribution in [1.29, 1.82) is 0 Å². The summed E-state index contributed by atoms with van der Waals surface area (Å²) in [5.41, 5.74) is 3.50. The van der Waals surface area contributed by atoms with E-state index >= 15 is 0 Å². The first kappa shape index (κ1) is 21.6. The fraction of sp³-hybridized carbons (Fsp3) is 0.259. The number of unbranched alkanes of at least 4 members (excludes halogenated alkanes) is 2. The minimum atomic E-state index is -0.0847. The molecule has 0 spiro atoms. The number of nitrogens with one attached hydrogen (secondary N) is 1. The van der Waals surface area contributed by atoms with Crippen LogP contribution in [0.2, 0.25) is 0 Å². The van der Waals surface area contributed by atoms with Crippen LogP contribution in [0.15, 0.2) is 84.9 Å². The molecule has 0 fully saturated rings. The van der Waals surface area contributed by atoms with Crippen LogP contribution in [0.1, 0.15) is 30.7 Å². The van der Waals surface area contributed by atoms with E-state index in [0.29, 0.717) is 12.3 Å². The van der Waals surface area contributed by atoms with Crippen molar-refractivity contribution in [1.82, 2.24) is 14.9 Å². The Labute approximate surface area is 189 Å². The summed E-state index contributed by atoms with van der Waals surface area (Å²) in [4.78, 5) is 16.8. The molecule has 1 heterocycles. The van der Waals surface area contributed by atoms with Crippen LogP contribution in [0.5, 0.6) is 5.75 Å². The quantitative estimate of drug-likeness (QED) is 0.343. The molecule has 5 heteroatoms. The van der Waals surface area contributed by atoms with E-state index in [2.05, 4.69) is 52.3 Å². The van der Waals surface area contributed by atoms with E-state index in [1.807, 2.05) is 42.5 Å². The molecule has 3 aromatic carbocycles. The van der Waals surface area contributed by atoms with Crippen molar-refractivity contribution in [2.24, 2.45) is 0 Å². The Hall–Kier alpha value is -3.60. The number of benzene rings is 3. The molecule has 0 aliphatic rings. The monoisotopic (exact) mass is 427 g/mol. The van der Waals surface area contributed by atoms with Gasteiger partial charge in [0.15, 0.2) is 6.61 Å². The second-order valence-corrected chi connectivity index (χ2v) is 7.85. The van der Waals surface area contributed by atoms with Crippen LogP contribution in [-0.2, 0) is 17.8 Å². The van der Waals surface area contributed by atoms with Gasteiger partial charge in [0.2, 0.25) is 0 Å². The van der Waals surface area contributed by atoms with Gasteiger partial charge in [0.05, 0.1) is 11.0 Å². The van der Waals surface area contributed by atoms with Crippen molar-refractivity contribution in [3.05, 3.63) is 96.3 Å². The van der Waals surface area contributed by atoms with Gasteiger partial charge in [-0.3, -0.25) is 4.79 Å². The molecule has 0 atom stereocenters. The first-order valence-electron chi connectivity index (χ1n) is 11.2. The number of carbonyl (C=O) groups excluding carboxylic acids is 1. The molecular weight excluding hydrogens is 398 g/mol. The molecular formula is C27H29N3O2. The van der Waals surface area contributed by atoms with Gasteiger partial charge in [0.25, 0.3) is 5.91 Å². The highest BCUT2D eigenvalue weighted by atomic mass is 16.5. The second-order valence-electron chi connectivity index (χ2n) is 7.85. The number of aromatic nitrogens is 2. The lowest BCUT2D eigenvalue weighted by atomic mass is 10.1. The number of hydrogen-bond acceptors (Lipinski definition) is 3. The first-order chi connectivity index (χ1) is 15.8. The average Bonchev–Trinajstić information content (AvgIpc) is 3.18. The lowest BCUT2D eigenvalue weighted by Crippen LogP contribution is -2.29. The SMILES string of the molecule is O=C(COc1ccccc1)NCCCCCc1nc2ccccc2n1Cc1ccccc1. The molecule has 32 heavy (non-hydrogen) atoms. The average molecular weight is 428 g/mol. The number of imidazole rings is 1. The van der Waals surface area contributed by atoms with Crippen LogP contribution >= 0.6 is 0 Å². The number of amides is 1. The van der Waals surface area contributed by atoms with Gasteiger partial charge in [-0.2, -0.15) is 0 Å². The predicted molar refractivity (Wildman–Crippen MR) is 128 cm³/mol. The molecule has 1 N–H and O–H groups in total. The van der Waals surface area contributed by atoms with Crippen LogP contribution in [0.4, 0.5) is 0 Å². The summed E-state index contributed by atoms with van der Waals surface area (Å²) in [5.74, 6) is 1.75. The third-order valence-corrected chi connectivity index (χ3v) is 5.43. The van der Waals surface area contributed by atoms with Gasteiger partial charge in [-0.15, -0.1) is 0 Å². The van der Waals surface area contributed by atoms with E-state index in [-0.39, 0.29) is 12.5 Å². The van der Waals surface area contributed by atoms with E-state index in [9.17, 15) is 4.79 Å². The van der Waals surface area contributed by atoms with Crippen molar-refractivity contribution in [3.63, 3.8) is 0 Å². The van der Waals surface area contributed by atoms with Crippen LogP contribution in [0.25, 0.3) is 11.0 Å². The van der Waals surface area contributed by atoms with Gasteiger partial charge in [-0.1, -0.05) is 67.1 Å². The van der Waals surface area contributed by atoms with E-state index in [4.69, 9.17) is 9.72 Å². The number of para-hydroxylation sites is 3. The number of carbonyl (C=O) groups is 1. The Morgan fingerprint density at radius 3 is 2.38 bits per heavy atom. The largest absolute Gasteiger partial charge is 0.484 e. The minimum Gasteiger partial charge on any atom is -0.484 e. The van der Waals surface area contributed by atoms with Gasteiger partial charge in [-0.25, -0.2) is 4.98 Å². The van der Waals surface area contributed by atoms with Gasteiger partial charge >= 0.3 is 0 Å². The van der Waals surface area contributed by atoms with Crippen molar-refractivity contribution in [3.8, 4) is 5.75 Å². The zero-order valence-electron chi connectivity index (χ0n) is 18.2. The molecule has 0 saturated heterocycles. The predicted octanol–water partition coefficient (Wildman–Crippen LogP) is 4.99. The highest BCUT2D eigenvalue weighted by molar-refractivity contribution is 5.77. The number of hydrogen-bond donors (Lipinski definition) is 1. The zero-order chi connectivity index (χ0) is 22.0. The first-order valence-corrected chi connectivity index (χ1v) is 11.2. The summed E-state index contributed by atoms with van der Waals surface area (Å²) in [6.07, 6.45) is 3.94. The molecule has 0 aliphatic heterocycles. The van der Waals surface area contributed by atoms with E-state index in [1.54, 1.807) is 0 Å². The molecule has 1 amide bonds. The maximum absolute atomic E-state index is 11.9. The number of fused-ring (bicyclic) bond motifs is 1.